The SMILES string of the molecule is CCn1c(SCC(=O)N2CCC(n3c(=O)[nH]c4ccccc43)CC2)nnc1-c1ccccc1. The minimum absolute atomic E-state index is 0.0790. The number of rotatable bonds is 6. The summed E-state index contributed by atoms with van der Waals surface area (Å²) in [7, 11) is 0. The van der Waals surface area contributed by atoms with Crippen LogP contribution in [-0.2, 0) is 11.3 Å². The highest BCUT2D eigenvalue weighted by atomic mass is 32.2. The number of carbonyl (C=O) groups is 1. The lowest BCUT2D eigenvalue weighted by atomic mass is 10.0. The Balaban J connectivity index is 1.21. The number of carbonyl (C=O) groups excluding carboxylic acids is 1. The number of para-hydroxylation sites is 2. The first-order chi connectivity index (χ1) is 16.2. The maximum atomic E-state index is 12.9. The summed E-state index contributed by atoms with van der Waals surface area (Å²) in [5.74, 6) is 1.24. The Kier molecular flexibility index (Phi) is 6.04. The highest BCUT2D eigenvalue weighted by molar-refractivity contribution is 7.99. The Hall–Kier alpha value is -3.33. The van der Waals surface area contributed by atoms with Crippen LogP contribution in [0.1, 0.15) is 25.8 Å². The van der Waals surface area contributed by atoms with Gasteiger partial charge in [0.25, 0.3) is 0 Å². The number of likely N-dealkylation sites (tertiary alicyclic amines) is 1. The molecule has 33 heavy (non-hydrogen) atoms. The Morgan fingerprint density at radius 2 is 1.79 bits per heavy atom. The standard InChI is InChI=1S/C24H26N6O2S/c1-2-29-22(17-8-4-3-5-9-17)26-27-24(29)33-16-21(31)28-14-12-18(13-15-28)30-20-11-7-6-10-19(20)25-23(30)32/h3-11,18H,2,12-16H2,1H3,(H,25,32). The second kappa shape index (κ2) is 9.27. The monoisotopic (exact) mass is 462 g/mol. The van der Waals surface area contributed by atoms with E-state index in [9.17, 15) is 9.59 Å². The van der Waals surface area contributed by atoms with Crippen LogP contribution in [0.5, 0.6) is 0 Å². The van der Waals surface area contributed by atoms with E-state index < -0.39 is 0 Å². The normalized spacial score (nSPS) is 14.8. The quantitative estimate of drug-likeness (QED) is 0.443. The third-order valence-corrected chi connectivity index (χ3v) is 7.15. The largest absolute Gasteiger partial charge is 0.342 e. The van der Waals surface area contributed by atoms with Crippen LogP contribution in [0.15, 0.2) is 64.5 Å². The minimum atomic E-state index is -0.0790. The van der Waals surface area contributed by atoms with Gasteiger partial charge in [0.15, 0.2) is 11.0 Å². The Morgan fingerprint density at radius 3 is 2.55 bits per heavy atom. The number of H-pyrrole nitrogens is 1. The second-order valence-electron chi connectivity index (χ2n) is 8.13. The molecule has 0 saturated carbocycles. The number of imidazole rings is 1. The fourth-order valence-electron chi connectivity index (χ4n) is 4.51. The van der Waals surface area contributed by atoms with Crippen LogP contribution in [-0.4, -0.2) is 54.0 Å². The molecule has 2 aromatic heterocycles. The molecule has 3 heterocycles. The van der Waals surface area contributed by atoms with Gasteiger partial charge in [0, 0.05) is 31.2 Å². The van der Waals surface area contributed by atoms with Crippen molar-refractivity contribution in [2.45, 2.75) is 37.5 Å². The number of aromatic amines is 1. The number of amides is 1. The molecule has 0 atom stereocenters. The molecular formula is C24H26N6O2S. The van der Waals surface area contributed by atoms with E-state index in [1.54, 1.807) is 0 Å². The summed E-state index contributed by atoms with van der Waals surface area (Å²) in [4.78, 5) is 30.2. The zero-order chi connectivity index (χ0) is 22.8. The molecule has 1 aliphatic heterocycles. The van der Waals surface area contributed by atoms with Crippen LogP contribution >= 0.6 is 11.8 Å². The third kappa shape index (κ3) is 4.20. The molecule has 0 spiro atoms. The van der Waals surface area contributed by atoms with Gasteiger partial charge in [-0.05, 0) is 31.9 Å². The van der Waals surface area contributed by atoms with Crippen molar-refractivity contribution in [2.75, 3.05) is 18.8 Å². The first-order valence-electron chi connectivity index (χ1n) is 11.2. The number of aromatic nitrogens is 5. The Bertz CT molecular complexity index is 1320. The van der Waals surface area contributed by atoms with Crippen LogP contribution in [0, 0.1) is 0 Å². The molecule has 1 fully saturated rings. The van der Waals surface area contributed by atoms with Gasteiger partial charge in [-0.2, -0.15) is 0 Å². The van der Waals surface area contributed by atoms with E-state index in [1.807, 2.05) is 68.6 Å². The number of hydrogen-bond donors (Lipinski definition) is 1. The molecule has 5 rings (SSSR count). The molecule has 170 valence electrons. The van der Waals surface area contributed by atoms with Crippen molar-refractivity contribution in [3.05, 3.63) is 65.1 Å². The van der Waals surface area contributed by atoms with Gasteiger partial charge in [0.05, 0.1) is 16.8 Å². The van der Waals surface area contributed by atoms with E-state index in [4.69, 9.17) is 0 Å². The minimum Gasteiger partial charge on any atom is -0.342 e. The highest BCUT2D eigenvalue weighted by Crippen LogP contribution is 2.27. The highest BCUT2D eigenvalue weighted by Gasteiger charge is 2.26. The zero-order valence-electron chi connectivity index (χ0n) is 18.5. The third-order valence-electron chi connectivity index (χ3n) is 6.20. The van der Waals surface area contributed by atoms with E-state index in [0.717, 1.165) is 47.0 Å². The van der Waals surface area contributed by atoms with Crippen molar-refractivity contribution in [1.82, 2.24) is 29.2 Å². The first-order valence-corrected chi connectivity index (χ1v) is 12.2. The molecule has 1 aliphatic rings. The summed E-state index contributed by atoms with van der Waals surface area (Å²) in [5, 5.41) is 9.43. The molecule has 0 radical (unpaired) electrons. The van der Waals surface area contributed by atoms with E-state index in [2.05, 4.69) is 22.1 Å². The molecule has 0 aliphatic carbocycles. The predicted molar refractivity (Wildman–Crippen MR) is 129 cm³/mol. The molecule has 4 aromatic rings. The Labute approximate surface area is 195 Å². The van der Waals surface area contributed by atoms with E-state index >= 15 is 0 Å². The van der Waals surface area contributed by atoms with Gasteiger partial charge in [-0.3, -0.25) is 9.36 Å². The summed E-state index contributed by atoms with van der Waals surface area (Å²) < 4.78 is 3.89. The first kappa shape index (κ1) is 21.5. The average Bonchev–Trinajstić information content (AvgIpc) is 3.42. The molecule has 2 aromatic carbocycles. The number of benzene rings is 2. The molecular weight excluding hydrogens is 436 g/mol. The maximum absolute atomic E-state index is 12.9. The fourth-order valence-corrected chi connectivity index (χ4v) is 5.41. The van der Waals surface area contributed by atoms with Crippen LogP contribution in [0.2, 0.25) is 0 Å². The topological polar surface area (TPSA) is 88.8 Å². The predicted octanol–water partition coefficient (Wildman–Crippen LogP) is 3.56. The van der Waals surface area contributed by atoms with Crippen molar-refractivity contribution in [2.24, 2.45) is 0 Å². The molecule has 8 nitrogen and oxygen atoms in total. The number of piperidine rings is 1. The lowest BCUT2D eigenvalue weighted by Gasteiger charge is -2.32. The maximum Gasteiger partial charge on any atom is 0.326 e. The van der Waals surface area contributed by atoms with Gasteiger partial charge < -0.3 is 14.5 Å². The van der Waals surface area contributed by atoms with Gasteiger partial charge in [-0.25, -0.2) is 4.79 Å². The number of fused-ring (bicyclic) bond motifs is 1. The number of hydrogen-bond acceptors (Lipinski definition) is 5. The number of nitrogens with zero attached hydrogens (tertiary/aromatic N) is 5. The molecule has 1 saturated heterocycles. The molecule has 9 heteroatoms. The van der Waals surface area contributed by atoms with Crippen molar-refractivity contribution in [1.29, 1.82) is 0 Å². The smallest absolute Gasteiger partial charge is 0.326 e. The summed E-state index contributed by atoms with van der Waals surface area (Å²) in [6.07, 6.45) is 1.53. The average molecular weight is 463 g/mol. The Morgan fingerprint density at radius 1 is 1.06 bits per heavy atom. The van der Waals surface area contributed by atoms with Crippen molar-refractivity contribution in [3.8, 4) is 11.4 Å². The summed E-state index contributed by atoms with van der Waals surface area (Å²) in [5.41, 5.74) is 2.72. The van der Waals surface area contributed by atoms with Crippen LogP contribution in [0.4, 0.5) is 0 Å². The van der Waals surface area contributed by atoms with Crippen LogP contribution in [0.3, 0.4) is 0 Å². The van der Waals surface area contributed by atoms with Crippen molar-refractivity contribution in [3.63, 3.8) is 0 Å². The fraction of sp³-hybridized carbons (Fsp3) is 0.333. The van der Waals surface area contributed by atoms with Gasteiger partial charge in [-0.15, -0.1) is 10.2 Å². The lowest BCUT2D eigenvalue weighted by Crippen LogP contribution is -2.41. The second-order valence-corrected chi connectivity index (χ2v) is 9.08. The van der Waals surface area contributed by atoms with Gasteiger partial charge in [0.1, 0.15) is 0 Å². The zero-order valence-corrected chi connectivity index (χ0v) is 19.3. The summed E-state index contributed by atoms with van der Waals surface area (Å²) >= 11 is 1.43. The molecule has 0 bridgehead atoms. The van der Waals surface area contributed by atoms with E-state index in [0.29, 0.717) is 18.8 Å². The van der Waals surface area contributed by atoms with Gasteiger partial charge in [0.2, 0.25) is 5.91 Å². The van der Waals surface area contributed by atoms with Crippen LogP contribution in [0.25, 0.3) is 22.4 Å². The summed E-state index contributed by atoms with van der Waals surface area (Å²) in [6.45, 7) is 4.08. The van der Waals surface area contributed by atoms with Crippen molar-refractivity contribution < 1.29 is 4.79 Å². The van der Waals surface area contributed by atoms with Crippen molar-refractivity contribution >= 4 is 28.7 Å². The molecule has 1 N–H and O–H groups in total. The lowest BCUT2D eigenvalue weighted by molar-refractivity contribution is -0.129. The van der Waals surface area contributed by atoms with Gasteiger partial charge in [-0.1, -0.05) is 54.2 Å². The summed E-state index contributed by atoms with van der Waals surface area (Å²) in [6, 6.07) is 17.8. The number of nitrogens with one attached hydrogen (secondary N) is 1. The van der Waals surface area contributed by atoms with Crippen LogP contribution < -0.4 is 5.69 Å². The van der Waals surface area contributed by atoms with E-state index in [-0.39, 0.29) is 17.6 Å². The number of thioether (sulfide) groups is 1. The molecule has 1 amide bonds. The molecule has 0 unspecified atom stereocenters. The van der Waals surface area contributed by atoms with Gasteiger partial charge >= 0.3 is 5.69 Å². The van der Waals surface area contributed by atoms with E-state index in [1.165, 1.54) is 11.8 Å².